The molecule has 1 N–H and O–H groups in total. The summed E-state index contributed by atoms with van der Waals surface area (Å²) in [5.41, 5.74) is 2.17. The lowest BCUT2D eigenvalue weighted by atomic mass is 10.00. The fourth-order valence-corrected chi connectivity index (χ4v) is 1.93. The van der Waals surface area contributed by atoms with Crippen molar-refractivity contribution in [2.75, 3.05) is 6.54 Å². The fourth-order valence-electron chi connectivity index (χ4n) is 1.57. The molecule has 0 bridgehead atoms. The minimum Gasteiger partial charge on any atom is -0.311 e. The van der Waals surface area contributed by atoms with E-state index in [9.17, 15) is 4.39 Å². The van der Waals surface area contributed by atoms with Crippen molar-refractivity contribution in [2.24, 2.45) is 5.92 Å². The zero-order chi connectivity index (χ0) is 13.7. The van der Waals surface area contributed by atoms with Gasteiger partial charge in [0.15, 0.2) is 0 Å². The lowest BCUT2D eigenvalue weighted by molar-refractivity contribution is 0.592. The molecule has 3 heteroatoms. The van der Waals surface area contributed by atoms with Crippen LogP contribution in [0.25, 0.3) is 6.08 Å². The molecule has 0 amide bonds. The zero-order valence-corrected chi connectivity index (χ0v) is 13.0. The molecule has 1 aromatic carbocycles. The maximum Gasteiger partial charge on any atom is 0.123 e. The standard InChI is InChI=1S/C15H21BrFN/c1-10(2)13(9-18-11(3)4)7-12-8-14(17)5-6-15(12)16/h5-8,10-11,18H,9H2,1-4H3/b13-7-. The van der Waals surface area contributed by atoms with Gasteiger partial charge in [-0.25, -0.2) is 4.39 Å². The van der Waals surface area contributed by atoms with E-state index in [1.54, 1.807) is 12.1 Å². The van der Waals surface area contributed by atoms with E-state index in [4.69, 9.17) is 0 Å². The number of nitrogens with one attached hydrogen (secondary N) is 1. The van der Waals surface area contributed by atoms with Gasteiger partial charge in [0.2, 0.25) is 0 Å². The van der Waals surface area contributed by atoms with E-state index in [0.29, 0.717) is 12.0 Å². The molecule has 0 saturated heterocycles. The van der Waals surface area contributed by atoms with Crippen LogP contribution in [0.3, 0.4) is 0 Å². The molecule has 0 unspecified atom stereocenters. The summed E-state index contributed by atoms with van der Waals surface area (Å²) in [4.78, 5) is 0. The number of benzene rings is 1. The average Bonchev–Trinajstić information content (AvgIpc) is 2.28. The molecule has 0 spiro atoms. The van der Waals surface area contributed by atoms with Crippen LogP contribution in [-0.2, 0) is 0 Å². The van der Waals surface area contributed by atoms with Crippen LogP contribution in [0.1, 0.15) is 33.3 Å². The largest absolute Gasteiger partial charge is 0.311 e. The first-order valence-electron chi connectivity index (χ1n) is 6.29. The third-order valence-electron chi connectivity index (χ3n) is 2.75. The van der Waals surface area contributed by atoms with Gasteiger partial charge in [-0.3, -0.25) is 0 Å². The summed E-state index contributed by atoms with van der Waals surface area (Å²) in [6.07, 6.45) is 2.06. The summed E-state index contributed by atoms with van der Waals surface area (Å²) >= 11 is 3.46. The normalized spacial score (nSPS) is 12.6. The Morgan fingerprint density at radius 1 is 1.33 bits per heavy atom. The van der Waals surface area contributed by atoms with Crippen molar-refractivity contribution in [2.45, 2.75) is 33.7 Å². The molecule has 0 aliphatic rings. The highest BCUT2D eigenvalue weighted by atomic mass is 79.9. The Morgan fingerprint density at radius 3 is 2.56 bits per heavy atom. The highest BCUT2D eigenvalue weighted by Gasteiger charge is 2.06. The Labute approximate surface area is 118 Å². The van der Waals surface area contributed by atoms with Crippen LogP contribution < -0.4 is 5.32 Å². The number of halogens is 2. The van der Waals surface area contributed by atoms with Crippen LogP contribution in [0.2, 0.25) is 0 Å². The minimum atomic E-state index is -0.204. The quantitative estimate of drug-likeness (QED) is 0.836. The van der Waals surface area contributed by atoms with Crippen LogP contribution in [0.15, 0.2) is 28.2 Å². The monoisotopic (exact) mass is 313 g/mol. The van der Waals surface area contributed by atoms with Crippen molar-refractivity contribution in [3.05, 3.63) is 39.6 Å². The Kier molecular flexibility index (Phi) is 6.03. The van der Waals surface area contributed by atoms with Gasteiger partial charge >= 0.3 is 0 Å². The molecule has 1 aromatic rings. The average molecular weight is 314 g/mol. The third kappa shape index (κ3) is 4.91. The van der Waals surface area contributed by atoms with Crippen molar-refractivity contribution in [3.63, 3.8) is 0 Å². The van der Waals surface area contributed by atoms with Gasteiger partial charge in [0.25, 0.3) is 0 Å². The summed E-state index contributed by atoms with van der Waals surface area (Å²) < 4.78 is 14.2. The van der Waals surface area contributed by atoms with E-state index in [2.05, 4.69) is 55.0 Å². The van der Waals surface area contributed by atoms with E-state index >= 15 is 0 Å². The Morgan fingerprint density at radius 2 is 2.00 bits per heavy atom. The molecule has 0 fully saturated rings. The van der Waals surface area contributed by atoms with Crippen molar-refractivity contribution in [3.8, 4) is 0 Å². The first-order valence-corrected chi connectivity index (χ1v) is 7.08. The Balaban J connectivity index is 2.96. The lowest BCUT2D eigenvalue weighted by Gasteiger charge is -2.15. The summed E-state index contributed by atoms with van der Waals surface area (Å²) in [7, 11) is 0. The number of rotatable bonds is 5. The summed E-state index contributed by atoms with van der Waals surface area (Å²) in [5.74, 6) is 0.232. The van der Waals surface area contributed by atoms with Crippen LogP contribution in [0, 0.1) is 11.7 Å². The molecule has 1 rings (SSSR count). The van der Waals surface area contributed by atoms with Gasteiger partial charge < -0.3 is 5.32 Å². The van der Waals surface area contributed by atoms with Gasteiger partial charge in [0, 0.05) is 17.1 Å². The smallest absolute Gasteiger partial charge is 0.123 e. The molecule has 100 valence electrons. The van der Waals surface area contributed by atoms with Gasteiger partial charge in [-0.05, 0) is 29.7 Å². The summed E-state index contributed by atoms with van der Waals surface area (Å²) in [5, 5.41) is 3.40. The van der Waals surface area contributed by atoms with Crippen molar-refractivity contribution < 1.29 is 4.39 Å². The number of hydrogen-bond donors (Lipinski definition) is 1. The molecule has 0 atom stereocenters. The molecule has 18 heavy (non-hydrogen) atoms. The predicted molar refractivity (Wildman–Crippen MR) is 80.1 cm³/mol. The molecule has 1 nitrogen and oxygen atoms in total. The molecular weight excluding hydrogens is 293 g/mol. The molecule has 0 saturated carbocycles. The molecule has 0 aliphatic carbocycles. The maximum absolute atomic E-state index is 13.2. The van der Waals surface area contributed by atoms with Gasteiger partial charge in [-0.15, -0.1) is 0 Å². The topological polar surface area (TPSA) is 12.0 Å². The van der Waals surface area contributed by atoms with Crippen molar-refractivity contribution >= 4 is 22.0 Å². The van der Waals surface area contributed by atoms with E-state index in [-0.39, 0.29) is 5.82 Å². The first kappa shape index (κ1) is 15.4. The Hall–Kier alpha value is -0.670. The summed E-state index contributed by atoms with van der Waals surface area (Å²) in [6.45, 7) is 9.38. The molecule has 0 radical (unpaired) electrons. The van der Waals surface area contributed by atoms with E-state index in [1.165, 1.54) is 11.6 Å². The third-order valence-corrected chi connectivity index (χ3v) is 3.48. The zero-order valence-electron chi connectivity index (χ0n) is 11.4. The van der Waals surface area contributed by atoms with Gasteiger partial charge in [-0.2, -0.15) is 0 Å². The maximum atomic E-state index is 13.2. The molecule has 0 aromatic heterocycles. The second-order valence-corrected chi connectivity index (χ2v) is 5.93. The first-order chi connectivity index (χ1) is 8.40. The fraction of sp³-hybridized carbons (Fsp3) is 0.467. The molecule has 0 aliphatic heterocycles. The van der Waals surface area contributed by atoms with E-state index in [0.717, 1.165) is 16.6 Å². The SMILES string of the molecule is CC(C)NC/C(=C/c1cc(F)ccc1Br)C(C)C. The van der Waals surface area contributed by atoms with Crippen molar-refractivity contribution in [1.29, 1.82) is 0 Å². The predicted octanol–water partition coefficient (Wildman–Crippen LogP) is 4.63. The highest BCUT2D eigenvalue weighted by Crippen LogP contribution is 2.22. The molecular formula is C15H21BrFN. The van der Waals surface area contributed by atoms with Gasteiger partial charge in [0.05, 0.1) is 0 Å². The van der Waals surface area contributed by atoms with Crippen LogP contribution >= 0.6 is 15.9 Å². The second kappa shape index (κ2) is 7.05. The van der Waals surface area contributed by atoms with Crippen LogP contribution in [0.5, 0.6) is 0 Å². The Bertz CT molecular complexity index is 425. The van der Waals surface area contributed by atoms with Crippen molar-refractivity contribution in [1.82, 2.24) is 5.32 Å². The van der Waals surface area contributed by atoms with Gasteiger partial charge in [-0.1, -0.05) is 55.3 Å². The van der Waals surface area contributed by atoms with Crippen LogP contribution in [-0.4, -0.2) is 12.6 Å². The highest BCUT2D eigenvalue weighted by molar-refractivity contribution is 9.10. The van der Waals surface area contributed by atoms with E-state index in [1.807, 2.05) is 0 Å². The van der Waals surface area contributed by atoms with Crippen LogP contribution in [0.4, 0.5) is 4.39 Å². The molecule has 0 heterocycles. The minimum absolute atomic E-state index is 0.204. The summed E-state index contributed by atoms with van der Waals surface area (Å²) in [6, 6.07) is 5.21. The second-order valence-electron chi connectivity index (χ2n) is 5.08. The number of hydrogen-bond acceptors (Lipinski definition) is 1. The van der Waals surface area contributed by atoms with E-state index < -0.39 is 0 Å². The lowest BCUT2D eigenvalue weighted by Crippen LogP contribution is -2.26. The van der Waals surface area contributed by atoms with Gasteiger partial charge in [0.1, 0.15) is 5.82 Å².